The first kappa shape index (κ1) is 9.78. The first-order valence-electron chi connectivity index (χ1n) is 4.52. The van der Waals surface area contributed by atoms with Gasteiger partial charge >= 0.3 is 0 Å². The van der Waals surface area contributed by atoms with Crippen LogP contribution in [0.3, 0.4) is 0 Å². The molecule has 70 valence electrons. The van der Waals surface area contributed by atoms with E-state index in [0.29, 0.717) is 6.54 Å². The third kappa shape index (κ3) is 3.28. The van der Waals surface area contributed by atoms with E-state index in [9.17, 15) is 4.79 Å². The van der Waals surface area contributed by atoms with Gasteiger partial charge in [-0.05, 0) is 5.56 Å². The molecule has 13 heavy (non-hydrogen) atoms. The molecular weight excluding hydrogens is 163 g/mol. The Hall–Kier alpha value is -1.31. The minimum Gasteiger partial charge on any atom is -0.352 e. The fourth-order valence-corrected chi connectivity index (χ4v) is 0.989. The second-order valence-corrected chi connectivity index (χ2v) is 3.36. The Morgan fingerprint density at radius 3 is 2.46 bits per heavy atom. The van der Waals surface area contributed by atoms with Gasteiger partial charge in [0.15, 0.2) is 0 Å². The number of rotatable bonds is 3. The van der Waals surface area contributed by atoms with E-state index in [1.807, 2.05) is 44.2 Å². The van der Waals surface area contributed by atoms with Gasteiger partial charge in [0.05, 0.1) is 0 Å². The molecule has 1 rings (SSSR count). The van der Waals surface area contributed by atoms with Crippen LogP contribution in [0.2, 0.25) is 0 Å². The molecule has 0 atom stereocenters. The van der Waals surface area contributed by atoms with Gasteiger partial charge in [0.2, 0.25) is 5.91 Å². The lowest BCUT2D eigenvalue weighted by Gasteiger charge is -2.06. The summed E-state index contributed by atoms with van der Waals surface area (Å²) in [6.45, 7) is 4.40. The summed E-state index contributed by atoms with van der Waals surface area (Å²) in [6, 6.07) is 9.91. The first-order valence-corrected chi connectivity index (χ1v) is 4.52. The maximum Gasteiger partial charge on any atom is 0.222 e. The molecule has 0 aliphatic rings. The molecule has 0 aliphatic heterocycles. The zero-order valence-corrected chi connectivity index (χ0v) is 8.08. The predicted molar refractivity (Wildman–Crippen MR) is 53.1 cm³/mol. The van der Waals surface area contributed by atoms with Crippen molar-refractivity contribution < 1.29 is 4.79 Å². The third-order valence-electron chi connectivity index (χ3n) is 1.83. The van der Waals surface area contributed by atoms with Crippen molar-refractivity contribution in [1.29, 1.82) is 0 Å². The highest BCUT2D eigenvalue weighted by molar-refractivity contribution is 5.77. The van der Waals surface area contributed by atoms with Crippen LogP contribution in [-0.2, 0) is 11.3 Å². The van der Waals surface area contributed by atoms with Gasteiger partial charge in [0, 0.05) is 12.5 Å². The fraction of sp³-hybridized carbons (Fsp3) is 0.364. The number of carbonyl (C=O) groups is 1. The van der Waals surface area contributed by atoms with Crippen LogP contribution in [0.4, 0.5) is 0 Å². The Labute approximate surface area is 79.0 Å². The molecule has 0 fully saturated rings. The quantitative estimate of drug-likeness (QED) is 0.704. The highest BCUT2D eigenvalue weighted by Crippen LogP contribution is 1.98. The van der Waals surface area contributed by atoms with E-state index in [4.69, 9.17) is 0 Å². The lowest BCUT2D eigenvalue weighted by molar-refractivity contribution is -0.124. The third-order valence-corrected chi connectivity index (χ3v) is 1.83. The van der Waals surface area contributed by atoms with Crippen LogP contribution < -0.4 is 5.32 Å². The molecule has 1 amide bonds. The van der Waals surface area contributed by atoms with Crippen LogP contribution in [0.5, 0.6) is 0 Å². The van der Waals surface area contributed by atoms with E-state index >= 15 is 0 Å². The lowest BCUT2D eigenvalue weighted by atomic mass is 10.2. The molecule has 2 heteroatoms. The van der Waals surface area contributed by atoms with Crippen LogP contribution in [0, 0.1) is 5.92 Å². The van der Waals surface area contributed by atoms with Gasteiger partial charge in [-0.15, -0.1) is 0 Å². The summed E-state index contributed by atoms with van der Waals surface area (Å²) in [5.41, 5.74) is 1.14. The summed E-state index contributed by atoms with van der Waals surface area (Å²) in [5.74, 6) is 0.160. The molecular formula is C11H15NO. The Kier molecular flexibility index (Phi) is 3.50. The first-order chi connectivity index (χ1) is 6.20. The Morgan fingerprint density at radius 1 is 1.31 bits per heavy atom. The van der Waals surface area contributed by atoms with Crippen molar-refractivity contribution in [2.24, 2.45) is 5.92 Å². The van der Waals surface area contributed by atoms with E-state index in [1.165, 1.54) is 0 Å². The molecule has 0 radical (unpaired) electrons. The van der Waals surface area contributed by atoms with Crippen molar-refractivity contribution in [3.05, 3.63) is 35.9 Å². The van der Waals surface area contributed by atoms with Crippen LogP contribution in [-0.4, -0.2) is 5.91 Å². The van der Waals surface area contributed by atoms with Gasteiger partial charge in [-0.3, -0.25) is 4.79 Å². The van der Waals surface area contributed by atoms with Crippen molar-refractivity contribution >= 4 is 5.91 Å². The molecule has 0 aromatic heterocycles. The highest BCUT2D eigenvalue weighted by atomic mass is 16.2. The average molecular weight is 178 g/mol. The van der Waals surface area contributed by atoms with Gasteiger partial charge in [-0.25, -0.2) is 0 Å². The topological polar surface area (TPSA) is 29.1 Å². The standard InChI is InChI=1S/C11H15NO/c1-9(2)11(13)12-8-10-6-4-3-5-7-10/h3-7,9H,8H2,1-2H3,(H,12,13)/i11+1. The smallest absolute Gasteiger partial charge is 0.222 e. The minimum atomic E-state index is 0.0590. The zero-order valence-electron chi connectivity index (χ0n) is 8.08. The van der Waals surface area contributed by atoms with Crippen molar-refractivity contribution in [3.8, 4) is 0 Å². The van der Waals surface area contributed by atoms with Crippen LogP contribution in [0.15, 0.2) is 30.3 Å². The van der Waals surface area contributed by atoms with Crippen molar-refractivity contribution in [2.45, 2.75) is 20.4 Å². The molecule has 1 aromatic rings. The second kappa shape index (κ2) is 4.65. The highest BCUT2D eigenvalue weighted by Gasteiger charge is 2.04. The largest absolute Gasteiger partial charge is 0.352 e. The summed E-state index contributed by atoms with van der Waals surface area (Å²) < 4.78 is 0. The summed E-state index contributed by atoms with van der Waals surface area (Å²) in [4.78, 5) is 11.2. The molecule has 0 saturated carbocycles. The van der Waals surface area contributed by atoms with Crippen molar-refractivity contribution in [2.75, 3.05) is 0 Å². The number of hydrogen-bond donors (Lipinski definition) is 1. The van der Waals surface area contributed by atoms with Crippen LogP contribution >= 0.6 is 0 Å². The van der Waals surface area contributed by atoms with E-state index in [0.717, 1.165) is 5.56 Å². The van der Waals surface area contributed by atoms with Gasteiger partial charge < -0.3 is 5.32 Å². The molecule has 0 bridgehead atoms. The van der Waals surface area contributed by atoms with Gasteiger partial charge in [-0.1, -0.05) is 44.2 Å². The lowest BCUT2D eigenvalue weighted by Crippen LogP contribution is -2.26. The summed E-state index contributed by atoms with van der Waals surface area (Å²) >= 11 is 0. The average Bonchev–Trinajstić information content (AvgIpc) is 2.15. The zero-order chi connectivity index (χ0) is 9.68. The van der Waals surface area contributed by atoms with Crippen LogP contribution in [0.25, 0.3) is 0 Å². The van der Waals surface area contributed by atoms with Gasteiger partial charge in [-0.2, -0.15) is 0 Å². The van der Waals surface area contributed by atoms with Gasteiger partial charge in [0.25, 0.3) is 0 Å². The Morgan fingerprint density at radius 2 is 1.92 bits per heavy atom. The van der Waals surface area contributed by atoms with Crippen molar-refractivity contribution in [1.82, 2.24) is 5.32 Å². The number of benzene rings is 1. The maximum absolute atomic E-state index is 11.2. The SMILES string of the molecule is CC(C)[13C](=O)NCc1ccccc1. The molecule has 0 heterocycles. The fourth-order valence-electron chi connectivity index (χ4n) is 0.989. The molecule has 1 aromatic carbocycles. The number of nitrogens with one attached hydrogen (secondary N) is 1. The van der Waals surface area contributed by atoms with Crippen LogP contribution in [0.1, 0.15) is 19.4 Å². The number of carbonyl (C=O) groups excluding carboxylic acids is 1. The monoisotopic (exact) mass is 178 g/mol. The molecule has 0 spiro atoms. The number of amides is 1. The minimum absolute atomic E-state index is 0.0590. The normalized spacial score (nSPS) is 10.1. The summed E-state index contributed by atoms with van der Waals surface area (Å²) in [6.07, 6.45) is 0. The maximum atomic E-state index is 11.2. The predicted octanol–water partition coefficient (Wildman–Crippen LogP) is 1.96. The summed E-state index contributed by atoms with van der Waals surface area (Å²) in [7, 11) is 0. The second-order valence-electron chi connectivity index (χ2n) is 3.36. The van der Waals surface area contributed by atoms with E-state index in [1.54, 1.807) is 0 Å². The Balaban J connectivity index is 2.40. The molecule has 0 saturated heterocycles. The Bertz CT molecular complexity index is 267. The van der Waals surface area contributed by atoms with Gasteiger partial charge in [0.1, 0.15) is 0 Å². The van der Waals surface area contributed by atoms with E-state index < -0.39 is 0 Å². The molecule has 2 nitrogen and oxygen atoms in total. The number of hydrogen-bond acceptors (Lipinski definition) is 1. The molecule has 0 aliphatic carbocycles. The molecule has 1 N–H and O–H groups in total. The van der Waals surface area contributed by atoms with E-state index in [2.05, 4.69) is 5.32 Å². The molecule has 0 unspecified atom stereocenters. The van der Waals surface area contributed by atoms with Crippen molar-refractivity contribution in [3.63, 3.8) is 0 Å². The van der Waals surface area contributed by atoms with E-state index in [-0.39, 0.29) is 11.8 Å². The summed E-state index contributed by atoms with van der Waals surface area (Å²) in [5, 5.41) is 2.86.